The number of nitrogens with zero attached hydrogens (tertiary/aromatic N) is 3. The van der Waals surface area contributed by atoms with Gasteiger partial charge in [0, 0.05) is 18.8 Å². The van der Waals surface area contributed by atoms with Gasteiger partial charge in [-0.1, -0.05) is 35.7 Å². The molecule has 0 bridgehead atoms. The molecule has 2 aromatic carbocycles. The number of hydrogen-bond donors (Lipinski definition) is 1. The van der Waals surface area contributed by atoms with Crippen LogP contribution in [0.25, 0.3) is 16.7 Å². The van der Waals surface area contributed by atoms with E-state index in [2.05, 4.69) is 5.32 Å². The number of imidazole rings is 1. The molecule has 3 aromatic rings. The molecule has 0 radical (unpaired) electrons. The second kappa shape index (κ2) is 10.1. The highest BCUT2D eigenvalue weighted by Crippen LogP contribution is 2.29. The third-order valence-electron chi connectivity index (χ3n) is 4.77. The van der Waals surface area contributed by atoms with Crippen molar-refractivity contribution >= 4 is 51.6 Å². The van der Waals surface area contributed by atoms with E-state index in [-0.39, 0.29) is 41.6 Å². The number of imide groups is 1. The molecule has 32 heavy (non-hydrogen) atoms. The van der Waals surface area contributed by atoms with E-state index < -0.39 is 0 Å². The number of nitrogens with one attached hydrogen (secondary N) is 1. The van der Waals surface area contributed by atoms with E-state index in [1.54, 1.807) is 0 Å². The Morgan fingerprint density at radius 3 is 2.69 bits per heavy atom. The first-order valence-corrected chi connectivity index (χ1v) is 12.1. The second-order valence-electron chi connectivity index (χ2n) is 6.88. The molecule has 0 atom stereocenters. The molecule has 0 spiro atoms. The number of hydrogen-bond acceptors (Lipinski definition) is 7. The summed E-state index contributed by atoms with van der Waals surface area (Å²) < 4.78 is 7.55. The van der Waals surface area contributed by atoms with E-state index in [0.717, 1.165) is 34.2 Å². The maximum atomic E-state index is 12.4. The SMILES string of the molecule is CCOc1ccc(-n2c(SCC(=O)NCCN3C(=O)CSC3=O)nc3ccccc32)cc1. The number of amides is 3. The van der Waals surface area contributed by atoms with Crippen LogP contribution < -0.4 is 10.1 Å². The Bertz CT molecular complexity index is 1130. The van der Waals surface area contributed by atoms with Gasteiger partial charge in [-0.05, 0) is 43.3 Å². The highest BCUT2D eigenvalue weighted by Gasteiger charge is 2.29. The fourth-order valence-corrected chi connectivity index (χ4v) is 4.90. The molecular formula is C22H22N4O4S2. The smallest absolute Gasteiger partial charge is 0.288 e. The van der Waals surface area contributed by atoms with Gasteiger partial charge in [0.1, 0.15) is 5.75 Å². The minimum absolute atomic E-state index is 0.164. The maximum Gasteiger partial charge on any atom is 0.288 e. The van der Waals surface area contributed by atoms with E-state index in [4.69, 9.17) is 9.72 Å². The van der Waals surface area contributed by atoms with Gasteiger partial charge in [0.2, 0.25) is 11.8 Å². The number of fused-ring (bicyclic) bond motifs is 1. The number of para-hydroxylation sites is 2. The van der Waals surface area contributed by atoms with Crippen LogP contribution in [0.5, 0.6) is 5.75 Å². The highest BCUT2D eigenvalue weighted by atomic mass is 32.2. The molecule has 8 nitrogen and oxygen atoms in total. The van der Waals surface area contributed by atoms with Crippen molar-refractivity contribution in [2.24, 2.45) is 0 Å². The van der Waals surface area contributed by atoms with E-state index in [1.165, 1.54) is 16.7 Å². The van der Waals surface area contributed by atoms with E-state index in [1.807, 2.05) is 60.0 Å². The van der Waals surface area contributed by atoms with Crippen molar-refractivity contribution in [3.63, 3.8) is 0 Å². The van der Waals surface area contributed by atoms with Crippen LogP contribution in [0.4, 0.5) is 4.79 Å². The number of thioether (sulfide) groups is 2. The Hall–Kier alpha value is -2.98. The topological polar surface area (TPSA) is 93.5 Å². The van der Waals surface area contributed by atoms with Crippen LogP contribution in [-0.2, 0) is 9.59 Å². The lowest BCUT2D eigenvalue weighted by Crippen LogP contribution is -2.38. The number of carbonyl (C=O) groups excluding carboxylic acids is 3. The first-order valence-electron chi connectivity index (χ1n) is 10.1. The zero-order valence-corrected chi connectivity index (χ0v) is 19.1. The summed E-state index contributed by atoms with van der Waals surface area (Å²) >= 11 is 2.32. The van der Waals surface area contributed by atoms with Gasteiger partial charge in [0.15, 0.2) is 5.16 Å². The molecule has 2 heterocycles. The molecule has 1 saturated heterocycles. The predicted octanol–water partition coefficient (Wildman–Crippen LogP) is 3.33. The van der Waals surface area contributed by atoms with Crippen LogP contribution in [0.15, 0.2) is 53.7 Å². The number of aromatic nitrogens is 2. The highest BCUT2D eigenvalue weighted by molar-refractivity contribution is 8.14. The summed E-state index contributed by atoms with van der Waals surface area (Å²) in [6, 6.07) is 15.6. The van der Waals surface area contributed by atoms with Gasteiger partial charge in [0.05, 0.1) is 29.1 Å². The molecule has 1 aliphatic heterocycles. The summed E-state index contributed by atoms with van der Waals surface area (Å²) in [6.45, 7) is 2.96. The maximum absolute atomic E-state index is 12.4. The van der Waals surface area contributed by atoms with Crippen molar-refractivity contribution in [1.29, 1.82) is 0 Å². The molecule has 3 amide bonds. The summed E-state index contributed by atoms with van der Waals surface area (Å²) in [7, 11) is 0. The van der Waals surface area contributed by atoms with Gasteiger partial charge in [0.25, 0.3) is 5.24 Å². The average Bonchev–Trinajstić information content (AvgIpc) is 3.33. The minimum atomic E-state index is -0.261. The van der Waals surface area contributed by atoms with E-state index >= 15 is 0 Å². The molecule has 1 fully saturated rings. The fourth-order valence-electron chi connectivity index (χ4n) is 3.29. The molecule has 4 rings (SSSR count). The van der Waals surface area contributed by atoms with Crippen molar-refractivity contribution in [3.8, 4) is 11.4 Å². The zero-order valence-electron chi connectivity index (χ0n) is 17.4. The normalized spacial score (nSPS) is 13.7. The Balaban J connectivity index is 1.43. The summed E-state index contributed by atoms with van der Waals surface area (Å²) in [5, 5.41) is 3.21. The van der Waals surface area contributed by atoms with Gasteiger partial charge in [-0.3, -0.25) is 23.9 Å². The third kappa shape index (κ3) is 4.91. The van der Waals surface area contributed by atoms with Crippen LogP contribution in [0.2, 0.25) is 0 Å². The minimum Gasteiger partial charge on any atom is -0.494 e. The number of rotatable bonds is 9. The van der Waals surface area contributed by atoms with Crippen molar-refractivity contribution in [2.75, 3.05) is 31.2 Å². The Morgan fingerprint density at radius 1 is 1.19 bits per heavy atom. The molecule has 0 aliphatic carbocycles. The Labute approximate surface area is 193 Å². The van der Waals surface area contributed by atoms with Crippen LogP contribution in [-0.4, -0.2) is 62.7 Å². The quantitative estimate of drug-likeness (QED) is 0.480. The fraction of sp³-hybridized carbons (Fsp3) is 0.273. The molecule has 10 heteroatoms. The lowest BCUT2D eigenvalue weighted by atomic mass is 10.2. The third-order valence-corrected chi connectivity index (χ3v) is 6.56. The summed E-state index contributed by atoms with van der Waals surface area (Å²) in [6.07, 6.45) is 0. The van der Waals surface area contributed by atoms with Crippen LogP contribution >= 0.6 is 23.5 Å². The van der Waals surface area contributed by atoms with Crippen LogP contribution in [0, 0.1) is 0 Å². The van der Waals surface area contributed by atoms with Crippen molar-refractivity contribution in [2.45, 2.75) is 12.1 Å². The van der Waals surface area contributed by atoms with Gasteiger partial charge >= 0.3 is 0 Å². The summed E-state index contributed by atoms with van der Waals surface area (Å²) in [5.41, 5.74) is 2.71. The van der Waals surface area contributed by atoms with E-state index in [9.17, 15) is 14.4 Å². The van der Waals surface area contributed by atoms with Crippen molar-refractivity contribution < 1.29 is 19.1 Å². The van der Waals surface area contributed by atoms with Crippen LogP contribution in [0.3, 0.4) is 0 Å². The molecule has 166 valence electrons. The zero-order chi connectivity index (χ0) is 22.5. The van der Waals surface area contributed by atoms with E-state index in [0.29, 0.717) is 11.8 Å². The standard InChI is InChI=1S/C22H22N4O4S2/c1-2-30-16-9-7-15(8-10-16)26-18-6-4-3-5-17(18)24-21(26)31-13-19(27)23-11-12-25-20(28)14-32-22(25)29/h3-10H,2,11-14H2,1H3,(H,23,27). The van der Waals surface area contributed by atoms with Crippen molar-refractivity contribution in [3.05, 3.63) is 48.5 Å². The van der Waals surface area contributed by atoms with Gasteiger partial charge < -0.3 is 10.1 Å². The summed E-state index contributed by atoms with van der Waals surface area (Å²) in [5.74, 6) is 0.726. The molecule has 1 N–H and O–H groups in total. The average molecular weight is 471 g/mol. The van der Waals surface area contributed by atoms with Gasteiger partial charge in [-0.15, -0.1) is 0 Å². The number of ether oxygens (including phenoxy) is 1. The van der Waals surface area contributed by atoms with Crippen molar-refractivity contribution in [1.82, 2.24) is 19.8 Å². The molecular weight excluding hydrogens is 448 g/mol. The monoisotopic (exact) mass is 470 g/mol. The first kappa shape index (κ1) is 22.2. The predicted molar refractivity (Wildman–Crippen MR) is 126 cm³/mol. The van der Waals surface area contributed by atoms with Crippen LogP contribution in [0.1, 0.15) is 6.92 Å². The molecule has 1 aliphatic rings. The Morgan fingerprint density at radius 2 is 1.97 bits per heavy atom. The number of benzene rings is 2. The lowest BCUT2D eigenvalue weighted by Gasteiger charge is -2.13. The second-order valence-corrected chi connectivity index (χ2v) is 8.75. The Kier molecular flexibility index (Phi) is 7.01. The number of carbonyl (C=O) groups is 3. The first-order chi connectivity index (χ1) is 15.6. The molecule has 0 saturated carbocycles. The molecule has 1 aromatic heterocycles. The summed E-state index contributed by atoms with van der Waals surface area (Å²) in [4.78, 5) is 41.5. The van der Waals surface area contributed by atoms with Gasteiger partial charge in [-0.2, -0.15) is 0 Å². The lowest BCUT2D eigenvalue weighted by molar-refractivity contribution is -0.125. The molecule has 0 unspecified atom stereocenters. The van der Waals surface area contributed by atoms with Gasteiger partial charge in [-0.25, -0.2) is 4.98 Å². The largest absolute Gasteiger partial charge is 0.494 e.